The Labute approximate surface area is 174 Å². The molecule has 3 aromatic rings. The highest BCUT2D eigenvalue weighted by molar-refractivity contribution is 5.76. The lowest BCUT2D eigenvalue weighted by atomic mass is 9.91. The van der Waals surface area contributed by atoms with Crippen LogP contribution in [-0.2, 0) is 17.8 Å². The summed E-state index contributed by atoms with van der Waals surface area (Å²) < 4.78 is 14.7. The van der Waals surface area contributed by atoms with Gasteiger partial charge in [-0.05, 0) is 72.0 Å². The summed E-state index contributed by atoms with van der Waals surface area (Å²) in [7, 11) is 0. The summed E-state index contributed by atoms with van der Waals surface area (Å²) in [5, 5.41) is 11.0. The Morgan fingerprint density at radius 2 is 1.90 bits per heavy atom. The Kier molecular flexibility index (Phi) is 6.11. The van der Waals surface area contributed by atoms with Gasteiger partial charge < -0.3 is 4.90 Å². The molecule has 1 aliphatic rings. The first kappa shape index (κ1) is 20.1. The van der Waals surface area contributed by atoms with E-state index in [2.05, 4.69) is 27.7 Å². The smallest absolute Gasteiger partial charge is 0.224 e. The number of hydrogen-bond donors (Lipinski definition) is 0. The van der Waals surface area contributed by atoms with Crippen molar-refractivity contribution in [2.45, 2.75) is 45.1 Å². The van der Waals surface area contributed by atoms with Crippen LogP contribution in [0.1, 0.15) is 47.7 Å². The molecule has 0 N–H and O–H groups in total. The predicted molar refractivity (Wildman–Crippen MR) is 109 cm³/mol. The highest BCUT2D eigenvalue weighted by Gasteiger charge is 2.25. The first-order valence-electron chi connectivity index (χ1n) is 10.3. The van der Waals surface area contributed by atoms with Crippen molar-refractivity contribution in [1.29, 1.82) is 0 Å². The molecule has 2 aromatic heterocycles. The minimum atomic E-state index is -0.218. The molecule has 0 bridgehead atoms. The zero-order valence-corrected chi connectivity index (χ0v) is 17.0. The number of pyridine rings is 1. The van der Waals surface area contributed by atoms with Gasteiger partial charge in [-0.25, -0.2) is 9.07 Å². The van der Waals surface area contributed by atoms with Gasteiger partial charge in [0.2, 0.25) is 5.91 Å². The number of carbonyl (C=O) groups excluding carboxylic acids is 1. The fourth-order valence-corrected chi connectivity index (χ4v) is 3.99. The Bertz CT molecular complexity index is 981. The van der Waals surface area contributed by atoms with Gasteiger partial charge >= 0.3 is 0 Å². The molecule has 0 aliphatic carbocycles. The number of halogens is 1. The monoisotopic (exact) mass is 408 g/mol. The van der Waals surface area contributed by atoms with Crippen LogP contribution in [0.5, 0.6) is 0 Å². The van der Waals surface area contributed by atoms with Crippen molar-refractivity contribution in [3.05, 3.63) is 71.1 Å². The van der Waals surface area contributed by atoms with Crippen LogP contribution in [0.15, 0.2) is 42.7 Å². The van der Waals surface area contributed by atoms with Crippen LogP contribution in [0, 0.1) is 12.7 Å². The molecule has 156 valence electrons. The molecule has 0 atom stereocenters. The number of tetrazole rings is 1. The third kappa shape index (κ3) is 5.06. The maximum atomic E-state index is 13.2. The molecule has 0 unspecified atom stereocenters. The molecule has 8 heteroatoms. The fourth-order valence-electron chi connectivity index (χ4n) is 3.99. The topological polar surface area (TPSA) is 76.8 Å². The minimum Gasteiger partial charge on any atom is -0.343 e. The number of amides is 1. The van der Waals surface area contributed by atoms with Gasteiger partial charge in [-0.1, -0.05) is 12.1 Å². The summed E-state index contributed by atoms with van der Waals surface area (Å²) in [5.41, 5.74) is 4.34. The van der Waals surface area contributed by atoms with E-state index in [1.165, 1.54) is 24.0 Å². The molecule has 0 radical (unpaired) electrons. The SMILES string of the molecule is Cc1cc(Cc2ccc(F)cc2)cc(C2CCN(C(=O)CCn3cnnn3)CC2)n1. The van der Waals surface area contributed by atoms with Crippen molar-refractivity contribution >= 4 is 5.91 Å². The van der Waals surface area contributed by atoms with Crippen molar-refractivity contribution in [2.24, 2.45) is 0 Å². The van der Waals surface area contributed by atoms with Gasteiger partial charge in [-0.3, -0.25) is 9.78 Å². The summed E-state index contributed by atoms with van der Waals surface area (Å²) in [5.74, 6) is 0.267. The lowest BCUT2D eigenvalue weighted by Crippen LogP contribution is -2.38. The molecule has 1 aliphatic heterocycles. The van der Waals surface area contributed by atoms with Crippen LogP contribution in [0.3, 0.4) is 0 Å². The van der Waals surface area contributed by atoms with E-state index in [0.29, 0.717) is 18.9 Å². The molecule has 1 fully saturated rings. The molecular formula is C22H25FN6O. The highest BCUT2D eigenvalue weighted by Crippen LogP contribution is 2.28. The Balaban J connectivity index is 1.35. The first-order chi connectivity index (χ1) is 14.6. The van der Waals surface area contributed by atoms with E-state index in [0.717, 1.165) is 49.3 Å². The van der Waals surface area contributed by atoms with E-state index in [4.69, 9.17) is 4.98 Å². The number of nitrogens with zero attached hydrogens (tertiary/aromatic N) is 6. The largest absolute Gasteiger partial charge is 0.343 e. The van der Waals surface area contributed by atoms with Crippen molar-refractivity contribution in [2.75, 3.05) is 13.1 Å². The zero-order chi connectivity index (χ0) is 20.9. The Morgan fingerprint density at radius 3 is 2.60 bits per heavy atom. The van der Waals surface area contributed by atoms with Gasteiger partial charge in [0, 0.05) is 36.8 Å². The van der Waals surface area contributed by atoms with Gasteiger partial charge in [-0.15, -0.1) is 5.10 Å². The molecule has 3 heterocycles. The average Bonchev–Trinajstić information content (AvgIpc) is 3.27. The minimum absolute atomic E-state index is 0.137. The maximum absolute atomic E-state index is 13.2. The van der Waals surface area contributed by atoms with Gasteiger partial charge in [0.05, 0.1) is 6.54 Å². The second kappa shape index (κ2) is 9.11. The van der Waals surface area contributed by atoms with E-state index >= 15 is 0 Å². The Hall–Kier alpha value is -3.16. The molecule has 0 saturated carbocycles. The second-order valence-corrected chi connectivity index (χ2v) is 7.82. The van der Waals surface area contributed by atoms with Crippen LogP contribution in [0.4, 0.5) is 4.39 Å². The molecule has 1 saturated heterocycles. The number of likely N-dealkylation sites (tertiary alicyclic amines) is 1. The first-order valence-corrected chi connectivity index (χ1v) is 10.3. The quantitative estimate of drug-likeness (QED) is 0.627. The molecule has 1 aromatic carbocycles. The summed E-state index contributed by atoms with van der Waals surface area (Å²) in [6.07, 6.45) is 4.49. The Morgan fingerprint density at radius 1 is 1.13 bits per heavy atom. The van der Waals surface area contributed by atoms with E-state index < -0.39 is 0 Å². The van der Waals surface area contributed by atoms with Crippen molar-refractivity contribution in [3.63, 3.8) is 0 Å². The summed E-state index contributed by atoms with van der Waals surface area (Å²) in [6, 6.07) is 10.9. The summed E-state index contributed by atoms with van der Waals surface area (Å²) >= 11 is 0. The number of carbonyl (C=O) groups is 1. The van der Waals surface area contributed by atoms with Crippen LogP contribution >= 0.6 is 0 Å². The van der Waals surface area contributed by atoms with Crippen LogP contribution in [0.25, 0.3) is 0 Å². The van der Waals surface area contributed by atoms with Crippen LogP contribution in [-0.4, -0.2) is 49.1 Å². The summed E-state index contributed by atoms with van der Waals surface area (Å²) in [4.78, 5) is 19.2. The number of rotatable bonds is 6. The normalized spacial score (nSPS) is 14.8. The van der Waals surface area contributed by atoms with E-state index in [-0.39, 0.29) is 11.7 Å². The highest BCUT2D eigenvalue weighted by atomic mass is 19.1. The standard InChI is InChI=1S/C22H25FN6O/c1-16-12-18(13-17-2-4-20(23)5-3-17)14-21(25-16)19-6-9-28(10-7-19)22(30)8-11-29-15-24-26-27-29/h2-5,12,14-15,19H,6-11,13H2,1H3. The number of hydrogen-bond acceptors (Lipinski definition) is 5. The van der Waals surface area contributed by atoms with Gasteiger partial charge in [0.1, 0.15) is 12.1 Å². The van der Waals surface area contributed by atoms with Crippen LogP contribution < -0.4 is 0 Å². The van der Waals surface area contributed by atoms with E-state index in [9.17, 15) is 9.18 Å². The van der Waals surface area contributed by atoms with E-state index in [1.807, 2.05) is 24.0 Å². The van der Waals surface area contributed by atoms with Crippen molar-refractivity contribution < 1.29 is 9.18 Å². The van der Waals surface area contributed by atoms with Gasteiger partial charge in [0.15, 0.2) is 0 Å². The molecule has 30 heavy (non-hydrogen) atoms. The number of aromatic nitrogens is 5. The lowest BCUT2D eigenvalue weighted by molar-refractivity contribution is -0.132. The number of piperidine rings is 1. The van der Waals surface area contributed by atoms with Crippen molar-refractivity contribution in [3.8, 4) is 0 Å². The third-order valence-corrected chi connectivity index (χ3v) is 5.57. The molecule has 0 spiro atoms. The second-order valence-electron chi connectivity index (χ2n) is 7.82. The van der Waals surface area contributed by atoms with E-state index in [1.54, 1.807) is 4.68 Å². The van der Waals surface area contributed by atoms with Gasteiger partial charge in [0.25, 0.3) is 0 Å². The van der Waals surface area contributed by atoms with Crippen LogP contribution in [0.2, 0.25) is 0 Å². The predicted octanol–water partition coefficient (Wildman–Crippen LogP) is 2.90. The molecule has 1 amide bonds. The summed E-state index contributed by atoms with van der Waals surface area (Å²) in [6.45, 7) is 3.98. The number of benzene rings is 1. The maximum Gasteiger partial charge on any atom is 0.224 e. The molecule has 4 rings (SSSR count). The van der Waals surface area contributed by atoms with Crippen molar-refractivity contribution in [1.82, 2.24) is 30.1 Å². The third-order valence-electron chi connectivity index (χ3n) is 5.57. The molecular weight excluding hydrogens is 383 g/mol. The number of aryl methyl sites for hydroxylation is 2. The average molecular weight is 408 g/mol. The lowest BCUT2D eigenvalue weighted by Gasteiger charge is -2.32. The molecule has 7 nitrogen and oxygen atoms in total. The fraction of sp³-hybridized carbons (Fsp3) is 0.409. The zero-order valence-electron chi connectivity index (χ0n) is 17.0. The van der Waals surface area contributed by atoms with Gasteiger partial charge in [-0.2, -0.15) is 0 Å².